The molecule has 1 N–H and O–H groups in total. The Morgan fingerprint density at radius 1 is 1.55 bits per heavy atom. The predicted molar refractivity (Wildman–Crippen MR) is 27.9 cm³/mol. The van der Waals surface area contributed by atoms with E-state index in [-0.39, 0.29) is 24.7 Å². The van der Waals surface area contributed by atoms with Crippen molar-refractivity contribution in [2.45, 2.75) is 0 Å². The van der Waals surface area contributed by atoms with Gasteiger partial charge >= 0.3 is 18.9 Å². The molecule has 1 rings (SSSR count). The molecule has 1 heterocycles. The molecule has 0 unspecified atom stereocenters. The largest absolute Gasteiger partial charge is 1.00 e. The Labute approximate surface area is 74.0 Å². The van der Waals surface area contributed by atoms with E-state index in [9.17, 15) is 14.7 Å². The first-order valence-corrected chi connectivity index (χ1v) is 2.47. The molecular formula is C5H3LiN2O3. The average molecular weight is 146 g/mol. The van der Waals surface area contributed by atoms with Gasteiger partial charge in [0.1, 0.15) is 5.97 Å². The van der Waals surface area contributed by atoms with Crippen LogP contribution in [-0.2, 0) is 4.79 Å². The molecule has 5 nitrogen and oxygen atoms in total. The second kappa shape index (κ2) is 3.96. The van der Waals surface area contributed by atoms with Gasteiger partial charge in [-0.25, -0.2) is 4.98 Å². The molecule has 0 saturated heterocycles. The average Bonchev–Trinajstić information content (AvgIpc) is 2.36. The number of ketones is 1. The number of nitrogens with zero attached hydrogens (tertiary/aromatic N) is 1. The normalized spacial score (nSPS) is 8.36. The van der Waals surface area contributed by atoms with Crippen molar-refractivity contribution < 1.29 is 33.6 Å². The fourth-order valence-corrected chi connectivity index (χ4v) is 0.486. The maximum Gasteiger partial charge on any atom is 1.00 e. The molecule has 0 amide bonds. The molecule has 6 heteroatoms. The van der Waals surface area contributed by atoms with Crippen molar-refractivity contribution >= 4 is 11.8 Å². The molecule has 11 heavy (non-hydrogen) atoms. The van der Waals surface area contributed by atoms with Gasteiger partial charge in [-0.15, -0.1) is 0 Å². The summed E-state index contributed by atoms with van der Waals surface area (Å²) in [7, 11) is 0. The molecule has 0 aromatic carbocycles. The van der Waals surface area contributed by atoms with Crippen LogP contribution in [0.5, 0.6) is 0 Å². The van der Waals surface area contributed by atoms with Crippen LogP contribution in [0.4, 0.5) is 0 Å². The molecule has 1 aromatic heterocycles. The van der Waals surface area contributed by atoms with E-state index < -0.39 is 11.8 Å². The maximum absolute atomic E-state index is 10.4. The van der Waals surface area contributed by atoms with Crippen LogP contribution in [0.1, 0.15) is 10.6 Å². The van der Waals surface area contributed by atoms with E-state index in [4.69, 9.17) is 0 Å². The number of nitrogens with one attached hydrogen (secondary N) is 1. The summed E-state index contributed by atoms with van der Waals surface area (Å²) >= 11 is 0. The molecule has 1 aromatic rings. The third-order valence-corrected chi connectivity index (χ3v) is 0.899. The van der Waals surface area contributed by atoms with Crippen LogP contribution < -0.4 is 24.0 Å². The molecule has 0 aliphatic rings. The predicted octanol–water partition coefficient (Wildman–Crippen LogP) is -4.65. The van der Waals surface area contributed by atoms with E-state index in [1.165, 1.54) is 12.4 Å². The number of H-pyrrole nitrogens is 1. The van der Waals surface area contributed by atoms with Gasteiger partial charge in [-0.2, -0.15) is 0 Å². The summed E-state index contributed by atoms with van der Waals surface area (Å²) in [5.41, 5.74) is 0. The van der Waals surface area contributed by atoms with Gasteiger partial charge in [0.25, 0.3) is 0 Å². The van der Waals surface area contributed by atoms with Crippen LogP contribution in [0.2, 0.25) is 0 Å². The van der Waals surface area contributed by atoms with Crippen LogP contribution in [-0.4, -0.2) is 21.7 Å². The molecule has 0 fully saturated rings. The zero-order valence-electron chi connectivity index (χ0n) is 5.83. The summed E-state index contributed by atoms with van der Waals surface area (Å²) in [6.45, 7) is 0. The first kappa shape index (κ1) is 9.95. The first-order chi connectivity index (χ1) is 4.72. The molecule has 0 atom stereocenters. The maximum atomic E-state index is 10.4. The van der Waals surface area contributed by atoms with Gasteiger partial charge in [-0.05, 0) is 0 Å². The monoisotopic (exact) mass is 146 g/mol. The Morgan fingerprint density at radius 3 is 2.55 bits per heavy atom. The molecule has 52 valence electrons. The number of Topliss-reactive ketones (excluding diaryl/α,β-unsaturated/α-hetero) is 1. The molecule has 0 radical (unpaired) electrons. The van der Waals surface area contributed by atoms with Crippen molar-refractivity contribution in [3.63, 3.8) is 0 Å². The second-order valence-electron chi connectivity index (χ2n) is 1.55. The molecule has 0 saturated carbocycles. The molecular weight excluding hydrogens is 143 g/mol. The summed E-state index contributed by atoms with van der Waals surface area (Å²) in [6.07, 6.45) is 2.65. The third kappa shape index (κ3) is 2.22. The Kier molecular flexibility index (Phi) is 3.58. The van der Waals surface area contributed by atoms with Crippen molar-refractivity contribution in [2.75, 3.05) is 0 Å². The number of hydrogen-bond donors (Lipinski definition) is 1. The smallest absolute Gasteiger partial charge is 0.541 e. The van der Waals surface area contributed by atoms with Gasteiger partial charge < -0.3 is 14.9 Å². The van der Waals surface area contributed by atoms with Gasteiger partial charge in [0.05, 0.1) is 0 Å². The number of aromatic nitrogens is 2. The van der Waals surface area contributed by atoms with Crippen LogP contribution in [0.15, 0.2) is 12.4 Å². The molecule has 0 aliphatic carbocycles. The Hall–Kier alpha value is -1.05. The van der Waals surface area contributed by atoms with E-state index in [1.807, 2.05) is 0 Å². The van der Waals surface area contributed by atoms with Crippen LogP contribution in [0, 0.1) is 0 Å². The van der Waals surface area contributed by atoms with Gasteiger partial charge in [0, 0.05) is 12.4 Å². The number of rotatable bonds is 2. The van der Waals surface area contributed by atoms with E-state index in [0.29, 0.717) is 0 Å². The van der Waals surface area contributed by atoms with Crippen molar-refractivity contribution in [2.24, 2.45) is 0 Å². The Bertz CT molecular complexity index is 257. The molecule has 0 aliphatic heterocycles. The zero-order valence-corrected chi connectivity index (χ0v) is 5.83. The van der Waals surface area contributed by atoms with Crippen molar-refractivity contribution in [3.8, 4) is 0 Å². The topological polar surface area (TPSA) is 85.9 Å². The van der Waals surface area contributed by atoms with E-state index in [0.717, 1.165) is 0 Å². The van der Waals surface area contributed by atoms with E-state index in [1.54, 1.807) is 0 Å². The number of aliphatic carboxylic acids is 1. The molecule has 0 bridgehead atoms. The first-order valence-electron chi connectivity index (χ1n) is 2.47. The van der Waals surface area contributed by atoms with Crippen LogP contribution >= 0.6 is 0 Å². The summed E-state index contributed by atoms with van der Waals surface area (Å²) in [5.74, 6) is -3.10. The van der Waals surface area contributed by atoms with Gasteiger partial charge in [0.2, 0.25) is 5.78 Å². The minimum atomic E-state index is -1.75. The summed E-state index contributed by atoms with van der Waals surface area (Å²) in [4.78, 5) is 26.1. The van der Waals surface area contributed by atoms with Crippen molar-refractivity contribution in [1.29, 1.82) is 0 Å². The van der Waals surface area contributed by atoms with E-state index in [2.05, 4.69) is 9.97 Å². The molecule has 0 spiro atoms. The SMILES string of the molecule is O=C([O-])C(=O)c1ncc[nH]1.[Li+]. The summed E-state index contributed by atoms with van der Waals surface area (Å²) < 4.78 is 0. The second-order valence-corrected chi connectivity index (χ2v) is 1.55. The fourth-order valence-electron chi connectivity index (χ4n) is 0.486. The van der Waals surface area contributed by atoms with Crippen LogP contribution in [0.25, 0.3) is 0 Å². The minimum absolute atomic E-state index is 0. The van der Waals surface area contributed by atoms with Gasteiger partial charge in [-0.1, -0.05) is 0 Å². The summed E-state index contributed by atoms with van der Waals surface area (Å²) in [6, 6.07) is 0. The van der Waals surface area contributed by atoms with Gasteiger partial charge in [-0.3, -0.25) is 4.79 Å². The van der Waals surface area contributed by atoms with Gasteiger partial charge in [0.15, 0.2) is 5.82 Å². The van der Waals surface area contributed by atoms with Crippen molar-refractivity contribution in [1.82, 2.24) is 9.97 Å². The number of hydrogen-bond acceptors (Lipinski definition) is 4. The number of carbonyl (C=O) groups excluding carboxylic acids is 2. The number of carboxylic acid groups (broad SMARTS) is 1. The van der Waals surface area contributed by atoms with Crippen LogP contribution in [0.3, 0.4) is 0 Å². The number of carbonyl (C=O) groups is 2. The minimum Gasteiger partial charge on any atom is -0.541 e. The summed E-state index contributed by atoms with van der Waals surface area (Å²) in [5, 5.41) is 9.88. The Morgan fingerprint density at radius 2 is 2.18 bits per heavy atom. The van der Waals surface area contributed by atoms with E-state index >= 15 is 0 Å². The Balaban J connectivity index is 0.000001000. The number of carboxylic acids is 1. The standard InChI is InChI=1S/C5H4N2O3.Li/c8-3(5(9)10)4-6-1-2-7-4;/h1-2H,(H,6,7)(H,9,10);/q;+1/p-1. The zero-order chi connectivity index (χ0) is 7.56. The number of imidazole rings is 1. The third-order valence-electron chi connectivity index (χ3n) is 0.899. The fraction of sp³-hybridized carbons (Fsp3) is 0. The van der Waals surface area contributed by atoms with Crippen molar-refractivity contribution in [3.05, 3.63) is 18.2 Å². The quantitative estimate of drug-likeness (QED) is 0.258. The number of aromatic amines is 1.